The van der Waals surface area contributed by atoms with Gasteiger partial charge < -0.3 is 10.1 Å². The van der Waals surface area contributed by atoms with Gasteiger partial charge in [-0.1, -0.05) is 23.2 Å². The van der Waals surface area contributed by atoms with Crippen LogP contribution < -0.4 is 21.3 Å². The van der Waals surface area contributed by atoms with Gasteiger partial charge in [0.05, 0.1) is 17.8 Å². The number of rotatable bonds is 4. The molecule has 0 amide bonds. The summed E-state index contributed by atoms with van der Waals surface area (Å²) in [4.78, 5) is 11.9. The summed E-state index contributed by atoms with van der Waals surface area (Å²) in [5, 5.41) is 3.92. The number of hydrogen-bond acceptors (Lipinski definition) is 7. The molecule has 1 aromatic carbocycles. The molecule has 0 fully saturated rings. The Morgan fingerprint density at radius 2 is 1.89 bits per heavy atom. The number of hydrazine groups is 1. The first kappa shape index (κ1) is 13.6. The topological polar surface area (TPSA) is 98.0 Å². The Balaban J connectivity index is 2.34. The number of aromatic nitrogens is 3. The highest BCUT2D eigenvalue weighted by atomic mass is 35.5. The van der Waals surface area contributed by atoms with E-state index >= 15 is 0 Å². The average molecular weight is 301 g/mol. The van der Waals surface area contributed by atoms with Crippen molar-refractivity contribution in [3.8, 4) is 6.01 Å². The Morgan fingerprint density at radius 3 is 2.58 bits per heavy atom. The van der Waals surface area contributed by atoms with Gasteiger partial charge in [0.25, 0.3) is 0 Å². The smallest absolute Gasteiger partial charge is 0.322 e. The number of hydrogen-bond donors (Lipinski definition) is 3. The lowest BCUT2D eigenvalue weighted by Gasteiger charge is -2.09. The van der Waals surface area contributed by atoms with Gasteiger partial charge in [-0.25, -0.2) is 5.84 Å². The largest absolute Gasteiger partial charge is 0.467 e. The molecule has 0 spiro atoms. The number of methoxy groups -OCH3 is 1. The first-order chi connectivity index (χ1) is 9.12. The van der Waals surface area contributed by atoms with Crippen LogP contribution in [0.5, 0.6) is 6.01 Å². The van der Waals surface area contributed by atoms with Crippen LogP contribution in [-0.2, 0) is 0 Å². The third kappa shape index (κ3) is 3.34. The molecular weight excluding hydrogens is 291 g/mol. The second-order valence-electron chi connectivity index (χ2n) is 3.36. The van der Waals surface area contributed by atoms with Crippen molar-refractivity contribution in [2.24, 2.45) is 5.84 Å². The summed E-state index contributed by atoms with van der Waals surface area (Å²) >= 11 is 11.9. The van der Waals surface area contributed by atoms with Crippen molar-refractivity contribution in [3.63, 3.8) is 0 Å². The lowest BCUT2D eigenvalue weighted by Crippen LogP contribution is -2.13. The molecule has 0 aliphatic rings. The van der Waals surface area contributed by atoms with Crippen molar-refractivity contribution < 1.29 is 4.74 Å². The van der Waals surface area contributed by atoms with E-state index < -0.39 is 0 Å². The van der Waals surface area contributed by atoms with E-state index in [0.717, 1.165) is 0 Å². The average Bonchev–Trinajstić information content (AvgIpc) is 2.42. The van der Waals surface area contributed by atoms with Gasteiger partial charge in [0, 0.05) is 5.02 Å². The van der Waals surface area contributed by atoms with Crippen molar-refractivity contribution in [1.29, 1.82) is 0 Å². The molecule has 0 unspecified atom stereocenters. The summed E-state index contributed by atoms with van der Waals surface area (Å²) in [5.41, 5.74) is 2.87. The molecular formula is C10H10Cl2N6O. The normalized spacial score (nSPS) is 10.1. The van der Waals surface area contributed by atoms with Crippen LogP contribution in [0.3, 0.4) is 0 Å². The second kappa shape index (κ2) is 5.87. The molecule has 0 aliphatic heterocycles. The lowest BCUT2D eigenvalue weighted by molar-refractivity contribution is 0.379. The Bertz CT molecular complexity index is 572. The number of ether oxygens (including phenoxy) is 1. The molecule has 100 valence electrons. The molecule has 0 bridgehead atoms. The van der Waals surface area contributed by atoms with Crippen LogP contribution in [0.2, 0.25) is 10.0 Å². The monoisotopic (exact) mass is 300 g/mol. The van der Waals surface area contributed by atoms with Crippen LogP contribution >= 0.6 is 23.2 Å². The van der Waals surface area contributed by atoms with Crippen LogP contribution in [0, 0.1) is 0 Å². The standard InChI is InChI=1S/C10H10Cl2N6O/c1-19-10-16-8(15-9(17-10)18-13)14-7-4-5(11)2-3-6(7)12/h2-4H,13H2,1H3,(H2,14,15,16,17,18). The minimum Gasteiger partial charge on any atom is -0.467 e. The van der Waals surface area contributed by atoms with E-state index in [1.807, 2.05) is 0 Å². The van der Waals surface area contributed by atoms with Gasteiger partial charge in [-0.2, -0.15) is 15.0 Å². The van der Waals surface area contributed by atoms with E-state index in [1.165, 1.54) is 7.11 Å². The minimum absolute atomic E-state index is 0.114. The maximum Gasteiger partial charge on any atom is 0.322 e. The zero-order valence-corrected chi connectivity index (χ0v) is 11.3. The Kier molecular flexibility index (Phi) is 4.20. The molecule has 1 aromatic heterocycles. The number of halogens is 2. The van der Waals surface area contributed by atoms with E-state index in [4.69, 9.17) is 33.8 Å². The highest BCUT2D eigenvalue weighted by Gasteiger charge is 2.08. The molecule has 9 heteroatoms. The zero-order valence-electron chi connectivity index (χ0n) is 9.82. The van der Waals surface area contributed by atoms with Crippen LogP contribution in [-0.4, -0.2) is 22.1 Å². The van der Waals surface area contributed by atoms with Crippen molar-refractivity contribution in [3.05, 3.63) is 28.2 Å². The number of nitrogens with zero attached hydrogens (tertiary/aromatic N) is 3. The van der Waals surface area contributed by atoms with Gasteiger partial charge in [-0.3, -0.25) is 5.43 Å². The fourth-order valence-corrected chi connectivity index (χ4v) is 1.62. The third-order valence-corrected chi connectivity index (χ3v) is 2.67. The maximum absolute atomic E-state index is 6.03. The van der Waals surface area contributed by atoms with E-state index in [-0.39, 0.29) is 17.9 Å². The molecule has 0 radical (unpaired) electrons. The molecule has 4 N–H and O–H groups in total. The van der Waals surface area contributed by atoms with Crippen LogP contribution in [0.15, 0.2) is 18.2 Å². The SMILES string of the molecule is COc1nc(NN)nc(Nc2cc(Cl)ccc2Cl)n1. The molecule has 2 aromatic rings. The molecule has 19 heavy (non-hydrogen) atoms. The van der Waals surface area contributed by atoms with Gasteiger partial charge in [-0.15, -0.1) is 0 Å². The summed E-state index contributed by atoms with van der Waals surface area (Å²) in [6.07, 6.45) is 0. The van der Waals surface area contributed by atoms with Crippen LogP contribution in [0.25, 0.3) is 0 Å². The van der Waals surface area contributed by atoms with Crippen LogP contribution in [0.1, 0.15) is 0 Å². The van der Waals surface area contributed by atoms with E-state index in [2.05, 4.69) is 25.7 Å². The van der Waals surface area contributed by atoms with Gasteiger partial charge in [-0.05, 0) is 18.2 Å². The van der Waals surface area contributed by atoms with Crippen LogP contribution in [0.4, 0.5) is 17.6 Å². The second-order valence-corrected chi connectivity index (χ2v) is 4.21. The number of nitrogen functional groups attached to an aromatic ring is 1. The molecule has 0 atom stereocenters. The van der Waals surface area contributed by atoms with Gasteiger partial charge in [0.1, 0.15) is 0 Å². The number of nitrogens with one attached hydrogen (secondary N) is 2. The molecule has 1 heterocycles. The van der Waals surface area contributed by atoms with Crippen molar-refractivity contribution in [2.75, 3.05) is 17.9 Å². The van der Waals surface area contributed by atoms with Crippen molar-refractivity contribution in [1.82, 2.24) is 15.0 Å². The maximum atomic E-state index is 6.03. The Morgan fingerprint density at radius 1 is 1.16 bits per heavy atom. The molecule has 0 saturated heterocycles. The highest BCUT2D eigenvalue weighted by Crippen LogP contribution is 2.27. The summed E-state index contributed by atoms with van der Waals surface area (Å²) in [7, 11) is 1.44. The minimum atomic E-state index is 0.114. The number of benzene rings is 1. The quantitative estimate of drug-likeness (QED) is 0.588. The zero-order chi connectivity index (χ0) is 13.8. The molecule has 0 saturated carbocycles. The highest BCUT2D eigenvalue weighted by molar-refractivity contribution is 6.35. The van der Waals surface area contributed by atoms with Gasteiger partial charge >= 0.3 is 6.01 Å². The lowest BCUT2D eigenvalue weighted by atomic mass is 10.3. The predicted molar refractivity (Wildman–Crippen MR) is 73.9 cm³/mol. The third-order valence-electron chi connectivity index (χ3n) is 2.10. The van der Waals surface area contributed by atoms with Crippen molar-refractivity contribution in [2.45, 2.75) is 0 Å². The molecule has 7 nitrogen and oxygen atoms in total. The van der Waals surface area contributed by atoms with Gasteiger partial charge in [0.15, 0.2) is 0 Å². The fraction of sp³-hybridized carbons (Fsp3) is 0.100. The van der Waals surface area contributed by atoms with E-state index in [0.29, 0.717) is 15.7 Å². The first-order valence-electron chi connectivity index (χ1n) is 5.11. The summed E-state index contributed by atoms with van der Waals surface area (Å²) in [6.45, 7) is 0. The summed E-state index contributed by atoms with van der Waals surface area (Å²) < 4.78 is 4.93. The number of nitrogens with two attached hydrogens (primary N) is 1. The summed E-state index contributed by atoms with van der Waals surface area (Å²) in [6, 6.07) is 5.10. The Labute approximate surface area is 119 Å². The molecule has 0 aliphatic carbocycles. The fourth-order valence-electron chi connectivity index (χ4n) is 1.28. The summed E-state index contributed by atoms with van der Waals surface area (Å²) in [5.74, 6) is 5.64. The van der Waals surface area contributed by atoms with Gasteiger partial charge in [0.2, 0.25) is 11.9 Å². The predicted octanol–water partition coefficient (Wildman–Crippen LogP) is 2.22. The first-order valence-corrected chi connectivity index (χ1v) is 5.86. The molecule has 2 rings (SSSR count). The van der Waals surface area contributed by atoms with E-state index in [9.17, 15) is 0 Å². The van der Waals surface area contributed by atoms with Crippen molar-refractivity contribution >= 4 is 40.8 Å². The number of anilines is 3. The van der Waals surface area contributed by atoms with E-state index in [1.54, 1.807) is 18.2 Å². The Hall–Kier alpha value is -1.83.